The number of hydrogen-bond acceptors (Lipinski definition) is 4. The second-order valence-corrected chi connectivity index (χ2v) is 16.7. The first-order valence-corrected chi connectivity index (χ1v) is 24.0. The highest BCUT2D eigenvalue weighted by Crippen LogP contribution is 2.17. The molecular formula is C48H95NO4. The smallest absolute Gasteiger partial charge is 0.249 e. The molecule has 5 heteroatoms. The van der Waals surface area contributed by atoms with Crippen LogP contribution in [0.5, 0.6) is 0 Å². The first-order valence-electron chi connectivity index (χ1n) is 24.0. The fourth-order valence-corrected chi connectivity index (χ4v) is 7.60. The maximum Gasteiger partial charge on any atom is 0.249 e. The van der Waals surface area contributed by atoms with E-state index in [1.54, 1.807) is 0 Å². The average Bonchev–Trinajstić information content (AvgIpc) is 3.16. The Labute approximate surface area is 331 Å². The van der Waals surface area contributed by atoms with E-state index in [9.17, 15) is 20.1 Å². The summed E-state index contributed by atoms with van der Waals surface area (Å²) in [6.45, 7) is 4.23. The maximum atomic E-state index is 12.5. The Balaban J connectivity index is 3.50. The van der Waals surface area contributed by atoms with Gasteiger partial charge in [-0.05, 0) is 38.5 Å². The summed E-state index contributed by atoms with van der Waals surface area (Å²) in [5.74, 6) is -0.469. The summed E-state index contributed by atoms with van der Waals surface area (Å²) in [7, 11) is 0. The lowest BCUT2D eigenvalue weighted by Gasteiger charge is -2.23. The van der Waals surface area contributed by atoms with Crippen molar-refractivity contribution in [1.29, 1.82) is 0 Å². The predicted octanol–water partition coefficient (Wildman–Crippen LogP) is 14.0. The van der Waals surface area contributed by atoms with Crippen molar-refractivity contribution in [2.45, 2.75) is 283 Å². The van der Waals surface area contributed by atoms with Gasteiger partial charge >= 0.3 is 0 Å². The molecule has 1 amide bonds. The van der Waals surface area contributed by atoms with Gasteiger partial charge in [-0.3, -0.25) is 4.79 Å². The van der Waals surface area contributed by atoms with Crippen LogP contribution in [0, 0.1) is 0 Å². The van der Waals surface area contributed by atoms with Crippen molar-refractivity contribution in [3.63, 3.8) is 0 Å². The van der Waals surface area contributed by atoms with E-state index in [1.807, 2.05) is 0 Å². The molecule has 0 bridgehead atoms. The minimum absolute atomic E-state index is 0.311. The normalized spacial score (nSPS) is 13.5. The van der Waals surface area contributed by atoms with Crippen LogP contribution in [0.15, 0.2) is 12.2 Å². The molecule has 3 atom stereocenters. The van der Waals surface area contributed by atoms with Crippen molar-refractivity contribution in [1.82, 2.24) is 5.32 Å². The van der Waals surface area contributed by atoms with Crippen molar-refractivity contribution in [3.8, 4) is 0 Å². The standard InChI is InChI=1S/C48H95NO4/c1-3-5-7-9-11-13-15-16-17-18-19-20-21-22-23-24-25-26-27-28-29-30-31-33-35-37-39-41-43-47(52)48(53)49-45(44-50)46(51)42-40-38-36-34-32-14-12-10-8-6-4-2/h22-23,45-47,50-52H,3-21,24-44H2,1-2H3,(H,49,53)/b23-22-. The van der Waals surface area contributed by atoms with Gasteiger partial charge in [-0.1, -0.05) is 238 Å². The number of aliphatic hydroxyl groups is 3. The number of rotatable bonds is 44. The number of amides is 1. The first kappa shape index (κ1) is 52.1. The van der Waals surface area contributed by atoms with Gasteiger partial charge < -0.3 is 20.6 Å². The van der Waals surface area contributed by atoms with E-state index in [4.69, 9.17) is 0 Å². The Morgan fingerprint density at radius 2 is 0.717 bits per heavy atom. The molecule has 0 aromatic carbocycles. The zero-order valence-electron chi connectivity index (χ0n) is 35.9. The van der Waals surface area contributed by atoms with Crippen LogP contribution in [-0.4, -0.2) is 46.1 Å². The molecular weight excluding hydrogens is 655 g/mol. The second-order valence-electron chi connectivity index (χ2n) is 16.7. The number of aliphatic hydroxyl groups excluding tert-OH is 3. The first-order chi connectivity index (χ1) is 26.1. The third-order valence-electron chi connectivity index (χ3n) is 11.4. The number of nitrogens with one attached hydrogen (secondary N) is 1. The molecule has 4 N–H and O–H groups in total. The summed E-state index contributed by atoms with van der Waals surface area (Å²) in [5.41, 5.74) is 0. The number of carbonyl (C=O) groups excluding carboxylic acids is 1. The summed E-state index contributed by atoms with van der Waals surface area (Å²) in [6, 6.07) is -0.707. The molecule has 0 saturated heterocycles. The van der Waals surface area contributed by atoms with Crippen LogP contribution in [0.1, 0.15) is 264 Å². The van der Waals surface area contributed by atoms with E-state index < -0.39 is 24.2 Å². The van der Waals surface area contributed by atoms with Crippen LogP contribution in [0.2, 0.25) is 0 Å². The van der Waals surface area contributed by atoms with E-state index in [1.165, 1.54) is 205 Å². The van der Waals surface area contributed by atoms with Crippen LogP contribution in [0.4, 0.5) is 0 Å². The van der Waals surface area contributed by atoms with Crippen LogP contribution in [0.3, 0.4) is 0 Å². The highest BCUT2D eigenvalue weighted by atomic mass is 16.3. The van der Waals surface area contributed by atoms with E-state index in [0.29, 0.717) is 12.8 Å². The fraction of sp³-hybridized carbons (Fsp3) is 0.938. The number of carbonyl (C=O) groups is 1. The molecule has 53 heavy (non-hydrogen) atoms. The number of allylic oxidation sites excluding steroid dienone is 2. The molecule has 0 aliphatic rings. The molecule has 0 aromatic heterocycles. The quantitative estimate of drug-likeness (QED) is 0.0369. The molecule has 0 saturated carbocycles. The van der Waals surface area contributed by atoms with Crippen molar-refractivity contribution in [3.05, 3.63) is 12.2 Å². The lowest BCUT2D eigenvalue weighted by molar-refractivity contribution is -0.131. The zero-order valence-corrected chi connectivity index (χ0v) is 35.9. The minimum Gasteiger partial charge on any atom is -0.394 e. The van der Waals surface area contributed by atoms with Gasteiger partial charge in [-0.2, -0.15) is 0 Å². The highest BCUT2D eigenvalue weighted by Gasteiger charge is 2.23. The van der Waals surface area contributed by atoms with Gasteiger partial charge in [0.2, 0.25) is 5.91 Å². The topological polar surface area (TPSA) is 89.8 Å². The molecule has 0 rings (SSSR count). The summed E-state index contributed by atoms with van der Waals surface area (Å²) in [6.07, 6.45) is 52.4. The number of hydrogen-bond donors (Lipinski definition) is 4. The maximum absolute atomic E-state index is 12.5. The van der Waals surface area contributed by atoms with Gasteiger partial charge in [0.1, 0.15) is 6.10 Å². The fourth-order valence-electron chi connectivity index (χ4n) is 7.60. The lowest BCUT2D eigenvalue weighted by atomic mass is 10.0. The molecule has 0 aromatic rings. The van der Waals surface area contributed by atoms with Gasteiger partial charge in [0.05, 0.1) is 18.8 Å². The third-order valence-corrected chi connectivity index (χ3v) is 11.4. The summed E-state index contributed by atoms with van der Waals surface area (Å²) < 4.78 is 0. The van der Waals surface area contributed by atoms with E-state index in [-0.39, 0.29) is 6.61 Å². The average molecular weight is 750 g/mol. The van der Waals surface area contributed by atoms with Crippen LogP contribution in [-0.2, 0) is 4.79 Å². The van der Waals surface area contributed by atoms with Gasteiger partial charge in [-0.25, -0.2) is 0 Å². The Hall–Kier alpha value is -0.910. The third kappa shape index (κ3) is 39.1. The molecule has 0 aliphatic carbocycles. The summed E-state index contributed by atoms with van der Waals surface area (Å²) in [5, 5.41) is 33.3. The molecule has 0 fully saturated rings. The minimum atomic E-state index is -1.07. The molecule has 0 aliphatic heterocycles. The zero-order chi connectivity index (χ0) is 38.7. The Bertz CT molecular complexity index is 743. The molecule has 0 heterocycles. The van der Waals surface area contributed by atoms with Crippen molar-refractivity contribution >= 4 is 5.91 Å². The predicted molar refractivity (Wildman–Crippen MR) is 232 cm³/mol. The van der Waals surface area contributed by atoms with Gasteiger partial charge in [0.15, 0.2) is 0 Å². The largest absolute Gasteiger partial charge is 0.394 e. The van der Waals surface area contributed by atoms with Gasteiger partial charge in [-0.15, -0.1) is 0 Å². The monoisotopic (exact) mass is 750 g/mol. The molecule has 5 nitrogen and oxygen atoms in total. The summed E-state index contributed by atoms with van der Waals surface area (Å²) in [4.78, 5) is 12.5. The molecule has 316 valence electrons. The SMILES string of the molecule is CCCCCCCCCCCCCC/C=C\CCCCCCCCCCCCCCC(O)C(=O)NC(CO)C(O)CCCCCCCCCCCCC. The Morgan fingerprint density at radius 3 is 1.04 bits per heavy atom. The molecule has 0 spiro atoms. The van der Waals surface area contributed by atoms with Crippen LogP contribution >= 0.6 is 0 Å². The van der Waals surface area contributed by atoms with Crippen LogP contribution < -0.4 is 5.32 Å². The van der Waals surface area contributed by atoms with Crippen molar-refractivity contribution < 1.29 is 20.1 Å². The van der Waals surface area contributed by atoms with E-state index in [2.05, 4.69) is 31.3 Å². The van der Waals surface area contributed by atoms with Gasteiger partial charge in [0, 0.05) is 0 Å². The Morgan fingerprint density at radius 1 is 0.434 bits per heavy atom. The van der Waals surface area contributed by atoms with Crippen molar-refractivity contribution in [2.24, 2.45) is 0 Å². The highest BCUT2D eigenvalue weighted by molar-refractivity contribution is 5.80. The van der Waals surface area contributed by atoms with Crippen molar-refractivity contribution in [2.75, 3.05) is 6.61 Å². The Kier molecular flexibility index (Phi) is 43.1. The number of unbranched alkanes of at least 4 members (excludes halogenated alkanes) is 34. The summed E-state index contributed by atoms with van der Waals surface area (Å²) >= 11 is 0. The second kappa shape index (κ2) is 43.8. The van der Waals surface area contributed by atoms with E-state index in [0.717, 1.165) is 32.1 Å². The van der Waals surface area contributed by atoms with E-state index >= 15 is 0 Å². The molecule has 0 radical (unpaired) electrons. The van der Waals surface area contributed by atoms with Gasteiger partial charge in [0.25, 0.3) is 0 Å². The lowest BCUT2D eigenvalue weighted by Crippen LogP contribution is -2.49. The molecule has 3 unspecified atom stereocenters. The van der Waals surface area contributed by atoms with Crippen LogP contribution in [0.25, 0.3) is 0 Å².